The van der Waals surface area contributed by atoms with Gasteiger partial charge in [-0.2, -0.15) is 0 Å². The van der Waals surface area contributed by atoms with E-state index in [9.17, 15) is 0 Å². The molecule has 0 aromatic heterocycles. The number of benzene rings is 1. The van der Waals surface area contributed by atoms with Gasteiger partial charge in [-0.15, -0.1) is 0 Å². The quantitative estimate of drug-likeness (QED) is 0.798. The van der Waals surface area contributed by atoms with Crippen LogP contribution in [0.15, 0.2) is 22.7 Å². The van der Waals surface area contributed by atoms with Gasteiger partial charge in [-0.3, -0.25) is 0 Å². The maximum atomic E-state index is 3.51. The number of halogens is 1. The number of fused-ring (bicyclic) bond motifs is 1. The van der Waals surface area contributed by atoms with Gasteiger partial charge in [0.25, 0.3) is 0 Å². The zero-order valence-electron chi connectivity index (χ0n) is 8.68. The smallest absolute Gasteiger partial charge is 0.0387 e. The molecule has 14 heavy (non-hydrogen) atoms. The molecule has 1 aliphatic heterocycles. The van der Waals surface area contributed by atoms with E-state index >= 15 is 0 Å². The van der Waals surface area contributed by atoms with Crippen molar-refractivity contribution in [2.45, 2.75) is 26.2 Å². The highest BCUT2D eigenvalue weighted by molar-refractivity contribution is 9.10. The van der Waals surface area contributed by atoms with E-state index in [4.69, 9.17) is 0 Å². The summed E-state index contributed by atoms with van der Waals surface area (Å²) in [6.45, 7) is 5.72. The Morgan fingerprint density at radius 2 is 2.21 bits per heavy atom. The molecule has 1 N–H and O–H groups in total. The normalized spacial score (nSPS) is 20.4. The Bertz CT molecular complexity index is 333. The standard InChI is InChI=1S/C12H16BrN/c1-8(2)10-5-6-14-12-7-9(13)3-4-11(10)12/h3-4,7-8,10,14H,5-6H2,1-2H3. The second-order valence-corrected chi connectivity index (χ2v) is 5.21. The lowest BCUT2D eigenvalue weighted by molar-refractivity contribution is 0.469. The summed E-state index contributed by atoms with van der Waals surface area (Å²) in [6, 6.07) is 6.57. The first-order valence-electron chi connectivity index (χ1n) is 5.22. The first kappa shape index (κ1) is 10.0. The zero-order valence-corrected chi connectivity index (χ0v) is 10.3. The lowest BCUT2D eigenvalue weighted by atomic mass is 9.83. The molecule has 76 valence electrons. The maximum Gasteiger partial charge on any atom is 0.0387 e. The Morgan fingerprint density at radius 1 is 1.43 bits per heavy atom. The summed E-state index contributed by atoms with van der Waals surface area (Å²) in [5, 5.41) is 3.46. The van der Waals surface area contributed by atoms with Crippen molar-refractivity contribution in [2.75, 3.05) is 11.9 Å². The van der Waals surface area contributed by atoms with Gasteiger partial charge in [0.2, 0.25) is 0 Å². The van der Waals surface area contributed by atoms with Crippen LogP contribution in [0.25, 0.3) is 0 Å². The minimum atomic E-state index is 0.722. The van der Waals surface area contributed by atoms with E-state index < -0.39 is 0 Å². The summed E-state index contributed by atoms with van der Waals surface area (Å²) in [4.78, 5) is 0. The molecule has 1 aromatic carbocycles. The minimum absolute atomic E-state index is 0.722. The molecule has 0 saturated heterocycles. The third-order valence-electron chi connectivity index (χ3n) is 2.99. The zero-order chi connectivity index (χ0) is 10.1. The Balaban J connectivity index is 2.40. The molecule has 1 nitrogen and oxygen atoms in total. The SMILES string of the molecule is CC(C)C1CCNc2cc(Br)ccc21. The number of hydrogen-bond donors (Lipinski definition) is 1. The molecule has 0 fully saturated rings. The highest BCUT2D eigenvalue weighted by atomic mass is 79.9. The van der Waals surface area contributed by atoms with Crippen molar-refractivity contribution in [3.05, 3.63) is 28.2 Å². The van der Waals surface area contributed by atoms with E-state index in [0.717, 1.165) is 22.9 Å². The largest absolute Gasteiger partial charge is 0.385 e. The molecule has 1 aliphatic rings. The summed E-state index contributed by atoms with van der Waals surface area (Å²) in [5.41, 5.74) is 2.79. The third kappa shape index (κ3) is 1.81. The van der Waals surface area contributed by atoms with E-state index in [1.165, 1.54) is 17.7 Å². The van der Waals surface area contributed by atoms with Crippen molar-refractivity contribution in [2.24, 2.45) is 5.92 Å². The van der Waals surface area contributed by atoms with Crippen LogP contribution in [0, 0.1) is 5.92 Å². The first-order valence-corrected chi connectivity index (χ1v) is 6.01. The van der Waals surface area contributed by atoms with Crippen molar-refractivity contribution in [3.63, 3.8) is 0 Å². The van der Waals surface area contributed by atoms with Gasteiger partial charge >= 0.3 is 0 Å². The number of nitrogens with one attached hydrogen (secondary N) is 1. The van der Waals surface area contributed by atoms with E-state index in [2.05, 4.69) is 53.3 Å². The monoisotopic (exact) mass is 253 g/mol. The third-order valence-corrected chi connectivity index (χ3v) is 3.48. The van der Waals surface area contributed by atoms with Crippen LogP contribution in [0.3, 0.4) is 0 Å². The predicted molar refractivity (Wildman–Crippen MR) is 64.8 cm³/mol. The van der Waals surface area contributed by atoms with Crippen LogP contribution >= 0.6 is 15.9 Å². The molecule has 1 unspecified atom stereocenters. The van der Waals surface area contributed by atoms with E-state index in [0.29, 0.717) is 0 Å². The van der Waals surface area contributed by atoms with Gasteiger partial charge in [0.1, 0.15) is 0 Å². The average molecular weight is 254 g/mol. The first-order chi connectivity index (χ1) is 6.68. The number of hydrogen-bond acceptors (Lipinski definition) is 1. The van der Waals surface area contributed by atoms with Crippen molar-refractivity contribution >= 4 is 21.6 Å². The fourth-order valence-electron chi connectivity index (χ4n) is 2.22. The van der Waals surface area contributed by atoms with E-state index in [-0.39, 0.29) is 0 Å². The Kier molecular flexibility index (Phi) is 2.82. The van der Waals surface area contributed by atoms with Crippen molar-refractivity contribution in [3.8, 4) is 0 Å². The van der Waals surface area contributed by atoms with Gasteiger partial charge in [0, 0.05) is 16.7 Å². The van der Waals surface area contributed by atoms with Gasteiger partial charge in [-0.1, -0.05) is 35.8 Å². The van der Waals surface area contributed by atoms with Gasteiger partial charge in [-0.05, 0) is 36.0 Å². The van der Waals surface area contributed by atoms with Crippen LogP contribution < -0.4 is 5.32 Å². The highest BCUT2D eigenvalue weighted by Gasteiger charge is 2.22. The van der Waals surface area contributed by atoms with Crippen LogP contribution in [-0.2, 0) is 0 Å². The minimum Gasteiger partial charge on any atom is -0.385 e. The van der Waals surface area contributed by atoms with Gasteiger partial charge < -0.3 is 5.32 Å². The molecular formula is C12H16BrN. The van der Waals surface area contributed by atoms with Crippen LogP contribution in [0.4, 0.5) is 5.69 Å². The Hall–Kier alpha value is -0.500. The molecule has 0 amide bonds. The average Bonchev–Trinajstić information content (AvgIpc) is 2.16. The molecule has 0 radical (unpaired) electrons. The lowest BCUT2D eigenvalue weighted by Gasteiger charge is -2.29. The van der Waals surface area contributed by atoms with Crippen LogP contribution in [0.5, 0.6) is 0 Å². The van der Waals surface area contributed by atoms with Crippen molar-refractivity contribution in [1.29, 1.82) is 0 Å². The molecule has 2 rings (SSSR count). The second kappa shape index (κ2) is 3.93. The summed E-state index contributed by atoms with van der Waals surface area (Å²) in [5.74, 6) is 1.45. The molecule has 0 saturated carbocycles. The van der Waals surface area contributed by atoms with Crippen LogP contribution in [0.1, 0.15) is 31.7 Å². The molecule has 2 heteroatoms. The molecule has 0 bridgehead atoms. The van der Waals surface area contributed by atoms with Gasteiger partial charge in [0.15, 0.2) is 0 Å². The van der Waals surface area contributed by atoms with Gasteiger partial charge in [0.05, 0.1) is 0 Å². The number of anilines is 1. The number of rotatable bonds is 1. The Morgan fingerprint density at radius 3 is 2.93 bits per heavy atom. The molecule has 0 aliphatic carbocycles. The highest BCUT2D eigenvalue weighted by Crippen LogP contribution is 2.37. The topological polar surface area (TPSA) is 12.0 Å². The fourth-order valence-corrected chi connectivity index (χ4v) is 2.58. The molecule has 1 atom stereocenters. The van der Waals surface area contributed by atoms with E-state index in [1.807, 2.05) is 0 Å². The lowest BCUT2D eigenvalue weighted by Crippen LogP contribution is -2.20. The molecule has 0 spiro atoms. The van der Waals surface area contributed by atoms with Gasteiger partial charge in [-0.25, -0.2) is 0 Å². The molecule has 1 heterocycles. The summed E-state index contributed by atoms with van der Waals surface area (Å²) in [6.07, 6.45) is 1.26. The maximum absolute atomic E-state index is 3.51. The molecular weight excluding hydrogens is 238 g/mol. The summed E-state index contributed by atoms with van der Waals surface area (Å²) >= 11 is 3.51. The van der Waals surface area contributed by atoms with Crippen LogP contribution in [0.2, 0.25) is 0 Å². The van der Waals surface area contributed by atoms with Crippen LogP contribution in [-0.4, -0.2) is 6.54 Å². The van der Waals surface area contributed by atoms with Crippen molar-refractivity contribution in [1.82, 2.24) is 0 Å². The fraction of sp³-hybridized carbons (Fsp3) is 0.500. The predicted octanol–water partition coefficient (Wildman–Crippen LogP) is 4.00. The Labute approximate surface area is 94.0 Å². The second-order valence-electron chi connectivity index (χ2n) is 4.30. The molecule has 1 aromatic rings. The van der Waals surface area contributed by atoms with Crippen molar-refractivity contribution < 1.29 is 0 Å². The summed E-state index contributed by atoms with van der Waals surface area (Å²) < 4.78 is 1.16. The summed E-state index contributed by atoms with van der Waals surface area (Å²) in [7, 11) is 0. The van der Waals surface area contributed by atoms with E-state index in [1.54, 1.807) is 0 Å².